The molecule has 4 nitrogen and oxygen atoms in total. The van der Waals surface area contributed by atoms with Crippen molar-refractivity contribution in [1.82, 2.24) is 14.8 Å². The van der Waals surface area contributed by atoms with E-state index in [1.54, 1.807) is 4.68 Å². The highest BCUT2D eigenvalue weighted by Gasteiger charge is 2.12. The van der Waals surface area contributed by atoms with Gasteiger partial charge in [0.15, 0.2) is 0 Å². The molecule has 0 amide bonds. The lowest BCUT2D eigenvalue weighted by Crippen LogP contribution is -2.07. The summed E-state index contributed by atoms with van der Waals surface area (Å²) in [6, 6.07) is 8.18. The van der Waals surface area contributed by atoms with Crippen LogP contribution in [0.25, 0.3) is 0 Å². The van der Waals surface area contributed by atoms with Crippen LogP contribution in [0.3, 0.4) is 0 Å². The second-order valence-corrected chi connectivity index (χ2v) is 5.36. The molecule has 1 unspecified atom stereocenters. The Labute approximate surface area is 114 Å². The molecular formula is C15H21N3O. The zero-order chi connectivity index (χ0) is 13.8. The normalized spacial score (nSPS) is 12.9. The zero-order valence-electron chi connectivity index (χ0n) is 11.7. The molecule has 0 aliphatic heterocycles. The molecular weight excluding hydrogens is 238 g/mol. The monoisotopic (exact) mass is 259 g/mol. The van der Waals surface area contributed by atoms with E-state index in [-0.39, 0.29) is 0 Å². The number of aliphatic hydroxyl groups is 1. The van der Waals surface area contributed by atoms with Gasteiger partial charge in [-0.3, -0.25) is 4.68 Å². The van der Waals surface area contributed by atoms with E-state index < -0.39 is 6.10 Å². The maximum atomic E-state index is 10.2. The molecule has 2 aromatic rings. The summed E-state index contributed by atoms with van der Waals surface area (Å²) >= 11 is 0. The van der Waals surface area contributed by atoms with Gasteiger partial charge < -0.3 is 5.11 Å². The van der Waals surface area contributed by atoms with E-state index in [9.17, 15) is 5.11 Å². The Morgan fingerprint density at radius 3 is 2.37 bits per heavy atom. The minimum Gasteiger partial charge on any atom is -0.388 e. The number of nitrogens with zero attached hydrogens (tertiary/aromatic N) is 3. The van der Waals surface area contributed by atoms with Crippen LogP contribution in [0.5, 0.6) is 0 Å². The Hall–Kier alpha value is -1.68. The largest absolute Gasteiger partial charge is 0.388 e. The van der Waals surface area contributed by atoms with Crippen LogP contribution in [-0.2, 0) is 19.9 Å². The summed E-state index contributed by atoms with van der Waals surface area (Å²) in [6.07, 6.45) is 2.53. The van der Waals surface area contributed by atoms with Gasteiger partial charge in [0.05, 0.1) is 6.10 Å². The Kier molecular flexibility index (Phi) is 4.32. The Bertz CT molecular complexity index is 516. The fraction of sp³-hybridized carbons (Fsp3) is 0.467. The highest BCUT2D eigenvalue weighted by Crippen LogP contribution is 2.18. The highest BCUT2D eigenvalue weighted by molar-refractivity contribution is 5.25. The third kappa shape index (κ3) is 3.64. The molecule has 1 atom stereocenters. The predicted molar refractivity (Wildman–Crippen MR) is 74.7 cm³/mol. The summed E-state index contributed by atoms with van der Waals surface area (Å²) in [5.74, 6) is 1.44. The third-order valence-electron chi connectivity index (χ3n) is 3.19. The van der Waals surface area contributed by atoms with Gasteiger partial charge in [-0.15, -0.1) is 0 Å². The van der Waals surface area contributed by atoms with Crippen LogP contribution < -0.4 is 0 Å². The smallest absolute Gasteiger partial charge is 0.138 e. The zero-order valence-corrected chi connectivity index (χ0v) is 11.7. The van der Waals surface area contributed by atoms with Crippen molar-refractivity contribution in [3.8, 4) is 0 Å². The fourth-order valence-electron chi connectivity index (χ4n) is 2.14. The van der Waals surface area contributed by atoms with E-state index >= 15 is 0 Å². The van der Waals surface area contributed by atoms with Crippen molar-refractivity contribution in [2.75, 3.05) is 0 Å². The minimum atomic E-state index is -0.531. The third-order valence-corrected chi connectivity index (χ3v) is 3.19. The second kappa shape index (κ2) is 5.97. The Balaban J connectivity index is 2.03. The van der Waals surface area contributed by atoms with E-state index in [1.165, 1.54) is 11.9 Å². The van der Waals surface area contributed by atoms with Gasteiger partial charge in [-0.2, -0.15) is 5.10 Å². The summed E-state index contributed by atoms with van der Waals surface area (Å²) in [6.45, 7) is 4.41. The van der Waals surface area contributed by atoms with Crippen LogP contribution in [0.4, 0.5) is 0 Å². The van der Waals surface area contributed by atoms with Gasteiger partial charge in [-0.25, -0.2) is 4.98 Å². The number of hydrogen-bond donors (Lipinski definition) is 1. The molecule has 0 saturated heterocycles. The topological polar surface area (TPSA) is 50.9 Å². The van der Waals surface area contributed by atoms with E-state index in [2.05, 4.69) is 36.1 Å². The van der Waals surface area contributed by atoms with Gasteiger partial charge in [0.2, 0.25) is 0 Å². The van der Waals surface area contributed by atoms with Crippen molar-refractivity contribution < 1.29 is 5.11 Å². The fourth-order valence-corrected chi connectivity index (χ4v) is 2.14. The lowest BCUT2D eigenvalue weighted by Gasteiger charge is -2.12. The number of aromatic nitrogens is 3. The summed E-state index contributed by atoms with van der Waals surface area (Å²) < 4.78 is 1.69. The first kappa shape index (κ1) is 13.7. The number of aryl methyl sites for hydroxylation is 1. The van der Waals surface area contributed by atoms with E-state index in [4.69, 9.17) is 0 Å². The van der Waals surface area contributed by atoms with Crippen LogP contribution in [-0.4, -0.2) is 19.9 Å². The van der Waals surface area contributed by atoms with E-state index in [0.29, 0.717) is 12.3 Å². The summed E-state index contributed by atoms with van der Waals surface area (Å²) in [5, 5.41) is 14.2. The summed E-state index contributed by atoms with van der Waals surface area (Å²) in [4.78, 5) is 4.13. The average molecular weight is 259 g/mol. The molecule has 0 spiro atoms. The standard InChI is InChI=1S/C15H21N3O/c1-11(2)8-12-4-6-13(7-5-12)14(19)9-15-16-10-17-18(15)3/h4-7,10-11,14,19H,8-9H2,1-3H3. The van der Waals surface area contributed by atoms with E-state index in [0.717, 1.165) is 17.8 Å². The van der Waals surface area contributed by atoms with Crippen LogP contribution >= 0.6 is 0 Å². The van der Waals surface area contributed by atoms with Crippen molar-refractivity contribution in [2.45, 2.75) is 32.8 Å². The van der Waals surface area contributed by atoms with Gasteiger partial charge in [0.25, 0.3) is 0 Å². The highest BCUT2D eigenvalue weighted by atomic mass is 16.3. The maximum Gasteiger partial charge on any atom is 0.138 e. The lowest BCUT2D eigenvalue weighted by molar-refractivity contribution is 0.174. The molecule has 0 aliphatic rings. The molecule has 1 aromatic heterocycles. The van der Waals surface area contributed by atoms with Crippen molar-refractivity contribution in [3.63, 3.8) is 0 Å². The molecule has 4 heteroatoms. The first-order valence-corrected chi connectivity index (χ1v) is 6.66. The molecule has 1 heterocycles. The number of rotatable bonds is 5. The van der Waals surface area contributed by atoms with Crippen LogP contribution in [0.15, 0.2) is 30.6 Å². The first-order chi connectivity index (χ1) is 9.06. The van der Waals surface area contributed by atoms with Crippen molar-refractivity contribution in [1.29, 1.82) is 0 Å². The van der Waals surface area contributed by atoms with Crippen molar-refractivity contribution >= 4 is 0 Å². The van der Waals surface area contributed by atoms with Gasteiger partial charge in [0.1, 0.15) is 12.2 Å². The molecule has 0 fully saturated rings. The number of hydrogen-bond acceptors (Lipinski definition) is 3. The summed E-state index contributed by atoms with van der Waals surface area (Å²) in [5.41, 5.74) is 2.24. The predicted octanol–water partition coefficient (Wildman–Crippen LogP) is 2.29. The van der Waals surface area contributed by atoms with Gasteiger partial charge in [-0.05, 0) is 23.5 Å². The maximum absolute atomic E-state index is 10.2. The molecule has 19 heavy (non-hydrogen) atoms. The molecule has 2 rings (SSSR count). The first-order valence-electron chi connectivity index (χ1n) is 6.66. The molecule has 0 aliphatic carbocycles. The number of aliphatic hydroxyl groups excluding tert-OH is 1. The number of benzene rings is 1. The molecule has 0 radical (unpaired) electrons. The van der Waals surface area contributed by atoms with Gasteiger partial charge >= 0.3 is 0 Å². The molecule has 102 valence electrons. The second-order valence-electron chi connectivity index (χ2n) is 5.36. The lowest BCUT2D eigenvalue weighted by atomic mass is 9.99. The SMILES string of the molecule is CC(C)Cc1ccc(C(O)Cc2ncnn2C)cc1. The van der Waals surface area contributed by atoms with Crippen molar-refractivity contribution in [3.05, 3.63) is 47.5 Å². The van der Waals surface area contributed by atoms with Gasteiger partial charge in [-0.1, -0.05) is 38.1 Å². The Morgan fingerprint density at radius 2 is 1.84 bits per heavy atom. The molecule has 1 aromatic carbocycles. The van der Waals surface area contributed by atoms with Crippen molar-refractivity contribution in [2.24, 2.45) is 13.0 Å². The van der Waals surface area contributed by atoms with Crippen LogP contribution in [0.1, 0.15) is 36.9 Å². The van der Waals surface area contributed by atoms with E-state index in [1.807, 2.05) is 19.2 Å². The summed E-state index contributed by atoms with van der Waals surface area (Å²) in [7, 11) is 1.83. The Morgan fingerprint density at radius 1 is 1.16 bits per heavy atom. The molecule has 1 N–H and O–H groups in total. The minimum absolute atomic E-state index is 0.486. The van der Waals surface area contributed by atoms with Crippen LogP contribution in [0, 0.1) is 5.92 Å². The average Bonchev–Trinajstić information content (AvgIpc) is 2.75. The quantitative estimate of drug-likeness (QED) is 0.896. The van der Waals surface area contributed by atoms with Crippen LogP contribution in [0.2, 0.25) is 0 Å². The van der Waals surface area contributed by atoms with Gasteiger partial charge in [0, 0.05) is 13.5 Å². The molecule has 0 saturated carbocycles. The molecule has 0 bridgehead atoms.